The molecule has 0 radical (unpaired) electrons. The third kappa shape index (κ3) is 3.07. The van der Waals surface area contributed by atoms with Gasteiger partial charge >= 0.3 is 0 Å². The Morgan fingerprint density at radius 1 is 1.19 bits per heavy atom. The molecule has 2 aromatic rings. The topological polar surface area (TPSA) is 22.1 Å². The van der Waals surface area contributed by atoms with E-state index >= 15 is 0 Å². The lowest BCUT2D eigenvalue weighted by atomic mass is 10.2. The van der Waals surface area contributed by atoms with Gasteiger partial charge in [-0.05, 0) is 41.1 Å². The first-order chi connectivity index (χ1) is 7.74. The SMILES string of the molecule is Cc1ccc(OCc2cncc(Br)c2)cc1. The summed E-state index contributed by atoms with van der Waals surface area (Å²) in [7, 11) is 0. The highest BCUT2D eigenvalue weighted by atomic mass is 79.9. The minimum absolute atomic E-state index is 0.537. The van der Waals surface area contributed by atoms with Crippen LogP contribution in [0.15, 0.2) is 47.2 Å². The number of aromatic nitrogens is 1. The highest BCUT2D eigenvalue weighted by Gasteiger charge is 1.97. The van der Waals surface area contributed by atoms with E-state index in [1.54, 1.807) is 12.4 Å². The predicted molar refractivity (Wildman–Crippen MR) is 67.4 cm³/mol. The van der Waals surface area contributed by atoms with Crippen LogP contribution in [-0.2, 0) is 6.61 Å². The lowest BCUT2D eigenvalue weighted by Crippen LogP contribution is -1.95. The molecule has 0 aliphatic carbocycles. The molecule has 82 valence electrons. The molecule has 2 rings (SSSR count). The van der Waals surface area contributed by atoms with E-state index in [1.165, 1.54) is 5.56 Å². The number of benzene rings is 1. The molecule has 0 saturated heterocycles. The first-order valence-electron chi connectivity index (χ1n) is 5.03. The van der Waals surface area contributed by atoms with E-state index < -0.39 is 0 Å². The van der Waals surface area contributed by atoms with Crippen LogP contribution in [-0.4, -0.2) is 4.98 Å². The molecule has 0 fully saturated rings. The molecule has 2 nitrogen and oxygen atoms in total. The van der Waals surface area contributed by atoms with Gasteiger partial charge in [-0.3, -0.25) is 4.98 Å². The van der Waals surface area contributed by atoms with Crippen LogP contribution in [0.2, 0.25) is 0 Å². The van der Waals surface area contributed by atoms with E-state index in [1.807, 2.05) is 30.3 Å². The van der Waals surface area contributed by atoms with E-state index in [-0.39, 0.29) is 0 Å². The van der Waals surface area contributed by atoms with Gasteiger partial charge in [-0.25, -0.2) is 0 Å². The van der Waals surface area contributed by atoms with Gasteiger partial charge in [0.2, 0.25) is 0 Å². The third-order valence-electron chi connectivity index (χ3n) is 2.19. The Labute approximate surface area is 103 Å². The lowest BCUT2D eigenvalue weighted by Gasteiger charge is -2.06. The normalized spacial score (nSPS) is 10.1. The minimum atomic E-state index is 0.537. The molecule has 0 saturated carbocycles. The molecule has 1 heterocycles. The predicted octanol–water partition coefficient (Wildman–Crippen LogP) is 3.73. The van der Waals surface area contributed by atoms with Crippen molar-refractivity contribution in [3.63, 3.8) is 0 Å². The zero-order valence-corrected chi connectivity index (χ0v) is 10.6. The summed E-state index contributed by atoms with van der Waals surface area (Å²) in [5.74, 6) is 0.880. The molecule has 16 heavy (non-hydrogen) atoms. The Balaban J connectivity index is 1.99. The van der Waals surface area contributed by atoms with Gasteiger partial charge in [0.25, 0.3) is 0 Å². The van der Waals surface area contributed by atoms with Crippen molar-refractivity contribution in [1.82, 2.24) is 4.98 Å². The van der Waals surface area contributed by atoms with E-state index in [4.69, 9.17) is 4.74 Å². The molecule has 3 heteroatoms. The number of aryl methyl sites for hydroxylation is 1. The second kappa shape index (κ2) is 5.12. The number of halogens is 1. The third-order valence-corrected chi connectivity index (χ3v) is 2.62. The fourth-order valence-electron chi connectivity index (χ4n) is 1.34. The van der Waals surface area contributed by atoms with Crippen LogP contribution in [0.1, 0.15) is 11.1 Å². The molecule has 0 atom stereocenters. The monoisotopic (exact) mass is 277 g/mol. The summed E-state index contributed by atoms with van der Waals surface area (Å²) in [4.78, 5) is 4.08. The standard InChI is InChI=1S/C13H12BrNO/c1-10-2-4-13(5-3-10)16-9-11-6-12(14)8-15-7-11/h2-8H,9H2,1H3. The number of ether oxygens (including phenoxy) is 1. The number of hydrogen-bond acceptors (Lipinski definition) is 2. The molecular formula is C13H12BrNO. The highest BCUT2D eigenvalue weighted by molar-refractivity contribution is 9.10. The number of nitrogens with zero attached hydrogens (tertiary/aromatic N) is 1. The van der Waals surface area contributed by atoms with Gasteiger partial charge < -0.3 is 4.74 Å². The highest BCUT2D eigenvalue weighted by Crippen LogP contribution is 2.15. The van der Waals surface area contributed by atoms with Crippen molar-refractivity contribution in [3.8, 4) is 5.75 Å². The van der Waals surface area contributed by atoms with Crippen molar-refractivity contribution in [3.05, 3.63) is 58.3 Å². The first kappa shape index (κ1) is 11.1. The fourth-order valence-corrected chi connectivity index (χ4v) is 1.75. The average Bonchev–Trinajstić information content (AvgIpc) is 2.28. The zero-order chi connectivity index (χ0) is 11.4. The maximum Gasteiger partial charge on any atom is 0.119 e. The Morgan fingerprint density at radius 3 is 2.62 bits per heavy atom. The van der Waals surface area contributed by atoms with Gasteiger partial charge in [0.1, 0.15) is 12.4 Å². The molecule has 0 aliphatic heterocycles. The largest absolute Gasteiger partial charge is 0.489 e. The van der Waals surface area contributed by atoms with Crippen LogP contribution in [0.5, 0.6) is 5.75 Å². The summed E-state index contributed by atoms with van der Waals surface area (Å²) >= 11 is 3.38. The zero-order valence-electron chi connectivity index (χ0n) is 8.98. The molecule has 0 bridgehead atoms. The van der Waals surface area contributed by atoms with Gasteiger partial charge in [-0.2, -0.15) is 0 Å². The van der Waals surface area contributed by atoms with E-state index in [0.717, 1.165) is 15.8 Å². The van der Waals surface area contributed by atoms with Gasteiger partial charge in [0.05, 0.1) is 0 Å². The maximum absolute atomic E-state index is 5.64. The summed E-state index contributed by atoms with van der Waals surface area (Å²) in [5, 5.41) is 0. The molecule has 1 aromatic heterocycles. The summed E-state index contributed by atoms with van der Waals surface area (Å²) in [6.45, 7) is 2.59. The molecule has 0 aliphatic rings. The Morgan fingerprint density at radius 2 is 1.94 bits per heavy atom. The quantitative estimate of drug-likeness (QED) is 0.853. The Hall–Kier alpha value is -1.35. The first-order valence-corrected chi connectivity index (χ1v) is 5.82. The Bertz CT molecular complexity index is 468. The molecule has 0 unspecified atom stereocenters. The van der Waals surface area contributed by atoms with Crippen molar-refractivity contribution < 1.29 is 4.74 Å². The van der Waals surface area contributed by atoms with Crippen LogP contribution in [0.25, 0.3) is 0 Å². The Kier molecular flexibility index (Phi) is 3.57. The van der Waals surface area contributed by atoms with Crippen molar-refractivity contribution >= 4 is 15.9 Å². The summed E-state index contributed by atoms with van der Waals surface area (Å²) in [5.41, 5.74) is 2.28. The minimum Gasteiger partial charge on any atom is -0.489 e. The maximum atomic E-state index is 5.64. The van der Waals surface area contributed by atoms with Gasteiger partial charge in [0, 0.05) is 22.4 Å². The van der Waals surface area contributed by atoms with Crippen molar-refractivity contribution in [2.45, 2.75) is 13.5 Å². The van der Waals surface area contributed by atoms with Crippen molar-refractivity contribution in [2.75, 3.05) is 0 Å². The molecule has 0 amide bonds. The summed E-state index contributed by atoms with van der Waals surface area (Å²) in [6.07, 6.45) is 3.56. The smallest absolute Gasteiger partial charge is 0.119 e. The van der Waals surface area contributed by atoms with E-state index in [9.17, 15) is 0 Å². The van der Waals surface area contributed by atoms with Gasteiger partial charge in [-0.15, -0.1) is 0 Å². The second-order valence-electron chi connectivity index (χ2n) is 3.61. The molecule has 1 aromatic carbocycles. The van der Waals surface area contributed by atoms with Crippen LogP contribution >= 0.6 is 15.9 Å². The summed E-state index contributed by atoms with van der Waals surface area (Å²) < 4.78 is 6.61. The van der Waals surface area contributed by atoms with Gasteiger partial charge in [-0.1, -0.05) is 17.7 Å². The average molecular weight is 278 g/mol. The van der Waals surface area contributed by atoms with Crippen molar-refractivity contribution in [2.24, 2.45) is 0 Å². The number of pyridine rings is 1. The molecule has 0 N–H and O–H groups in total. The van der Waals surface area contributed by atoms with Crippen LogP contribution in [0.3, 0.4) is 0 Å². The number of rotatable bonds is 3. The second-order valence-corrected chi connectivity index (χ2v) is 4.53. The van der Waals surface area contributed by atoms with Crippen LogP contribution in [0, 0.1) is 6.92 Å². The van der Waals surface area contributed by atoms with Crippen LogP contribution < -0.4 is 4.74 Å². The number of hydrogen-bond donors (Lipinski definition) is 0. The van der Waals surface area contributed by atoms with Crippen molar-refractivity contribution in [1.29, 1.82) is 0 Å². The van der Waals surface area contributed by atoms with Gasteiger partial charge in [0.15, 0.2) is 0 Å². The van der Waals surface area contributed by atoms with E-state index in [2.05, 4.69) is 27.8 Å². The molecular weight excluding hydrogens is 266 g/mol. The molecule has 0 spiro atoms. The lowest BCUT2D eigenvalue weighted by molar-refractivity contribution is 0.305. The van der Waals surface area contributed by atoms with Crippen LogP contribution in [0.4, 0.5) is 0 Å². The summed E-state index contributed by atoms with van der Waals surface area (Å²) in [6, 6.07) is 10.0. The fraction of sp³-hybridized carbons (Fsp3) is 0.154. The van der Waals surface area contributed by atoms with E-state index in [0.29, 0.717) is 6.61 Å².